The Morgan fingerprint density at radius 2 is 1.95 bits per heavy atom. The van der Waals surface area contributed by atoms with E-state index in [0.29, 0.717) is 17.8 Å². The van der Waals surface area contributed by atoms with Crippen molar-refractivity contribution >= 4 is 11.6 Å². The minimum absolute atomic E-state index is 0.281. The number of rotatable bonds is 4. The molecule has 1 saturated carbocycles. The maximum absolute atomic E-state index is 5.85. The maximum Gasteiger partial charge on any atom is 0.135 e. The number of benzene rings is 1. The van der Waals surface area contributed by atoms with Crippen molar-refractivity contribution in [2.24, 2.45) is 0 Å². The number of nitrogens with two attached hydrogens (primary N) is 1. The van der Waals surface area contributed by atoms with E-state index < -0.39 is 0 Å². The van der Waals surface area contributed by atoms with E-state index in [0.717, 1.165) is 18.1 Å². The first-order chi connectivity index (χ1) is 9.63. The molecule has 2 unspecified atom stereocenters. The summed E-state index contributed by atoms with van der Waals surface area (Å²) in [4.78, 5) is 8.80. The van der Waals surface area contributed by atoms with Crippen molar-refractivity contribution in [2.45, 2.75) is 38.1 Å². The monoisotopic (exact) mass is 268 g/mol. The van der Waals surface area contributed by atoms with Gasteiger partial charge in [0.1, 0.15) is 17.5 Å². The highest BCUT2D eigenvalue weighted by atomic mass is 15.1. The molecule has 2 aromatic rings. The van der Waals surface area contributed by atoms with Gasteiger partial charge < -0.3 is 11.1 Å². The topological polar surface area (TPSA) is 63.8 Å². The second-order valence-electron chi connectivity index (χ2n) is 5.69. The molecule has 0 amide bonds. The molecule has 0 saturated heterocycles. The summed E-state index contributed by atoms with van der Waals surface area (Å²) in [7, 11) is 0. The van der Waals surface area contributed by atoms with Crippen molar-refractivity contribution in [3.8, 4) is 0 Å². The van der Waals surface area contributed by atoms with Crippen LogP contribution in [0.4, 0.5) is 11.6 Å². The van der Waals surface area contributed by atoms with Crippen molar-refractivity contribution in [1.29, 1.82) is 0 Å². The Kier molecular flexibility index (Phi) is 3.30. The first-order valence-corrected chi connectivity index (χ1v) is 7.09. The van der Waals surface area contributed by atoms with E-state index in [-0.39, 0.29) is 5.92 Å². The lowest BCUT2D eigenvalue weighted by atomic mass is 10.1. The highest BCUT2D eigenvalue weighted by molar-refractivity contribution is 5.48. The number of hydrogen-bond acceptors (Lipinski definition) is 4. The van der Waals surface area contributed by atoms with Crippen LogP contribution in [0.3, 0.4) is 0 Å². The molecule has 104 valence electrons. The van der Waals surface area contributed by atoms with Crippen LogP contribution < -0.4 is 11.1 Å². The zero-order valence-electron chi connectivity index (χ0n) is 11.9. The van der Waals surface area contributed by atoms with Gasteiger partial charge in [-0.15, -0.1) is 0 Å². The van der Waals surface area contributed by atoms with E-state index in [2.05, 4.69) is 53.4 Å². The largest absolute Gasteiger partial charge is 0.384 e. The zero-order valence-corrected chi connectivity index (χ0v) is 11.9. The fourth-order valence-electron chi connectivity index (χ4n) is 2.43. The van der Waals surface area contributed by atoms with Gasteiger partial charge in [0.25, 0.3) is 0 Å². The van der Waals surface area contributed by atoms with Crippen LogP contribution in [0.5, 0.6) is 0 Å². The summed E-state index contributed by atoms with van der Waals surface area (Å²) >= 11 is 0. The van der Waals surface area contributed by atoms with Gasteiger partial charge in [-0.2, -0.15) is 0 Å². The van der Waals surface area contributed by atoms with Crippen molar-refractivity contribution in [1.82, 2.24) is 9.97 Å². The molecule has 1 aromatic carbocycles. The molecule has 1 aliphatic carbocycles. The fraction of sp³-hybridized carbons (Fsp3) is 0.375. The zero-order chi connectivity index (χ0) is 14.1. The highest BCUT2D eigenvalue weighted by Crippen LogP contribution is 2.42. The summed E-state index contributed by atoms with van der Waals surface area (Å²) in [5, 5.41) is 3.47. The Labute approximate surface area is 119 Å². The van der Waals surface area contributed by atoms with E-state index in [1.54, 1.807) is 0 Å². The van der Waals surface area contributed by atoms with Crippen molar-refractivity contribution in [3.05, 3.63) is 47.8 Å². The van der Waals surface area contributed by atoms with Gasteiger partial charge in [0.05, 0.1) is 0 Å². The highest BCUT2D eigenvalue weighted by Gasteiger charge is 2.38. The lowest BCUT2D eigenvalue weighted by Crippen LogP contribution is -2.10. The van der Waals surface area contributed by atoms with Crippen LogP contribution in [0.2, 0.25) is 0 Å². The minimum Gasteiger partial charge on any atom is -0.384 e. The van der Waals surface area contributed by atoms with Crippen LogP contribution >= 0.6 is 0 Å². The standard InChI is InChI=1S/C16H20N4/c1-10(2)16-19-14(17)9-15(20-16)18-13-8-12(13)11-6-4-3-5-7-11/h3-7,9-10,12-13H,8H2,1-2H3,(H3,17,18,19,20). The SMILES string of the molecule is CC(C)c1nc(N)cc(NC2CC2c2ccccc2)n1. The van der Waals surface area contributed by atoms with E-state index in [1.807, 2.05) is 12.1 Å². The predicted molar refractivity (Wildman–Crippen MR) is 81.7 cm³/mol. The van der Waals surface area contributed by atoms with Gasteiger partial charge in [0, 0.05) is 23.9 Å². The van der Waals surface area contributed by atoms with Gasteiger partial charge in [0.15, 0.2) is 0 Å². The average molecular weight is 268 g/mol. The van der Waals surface area contributed by atoms with Crippen molar-refractivity contribution in [2.75, 3.05) is 11.1 Å². The molecule has 4 nitrogen and oxygen atoms in total. The third kappa shape index (κ3) is 2.74. The molecule has 0 aliphatic heterocycles. The quantitative estimate of drug-likeness (QED) is 0.894. The smallest absolute Gasteiger partial charge is 0.135 e. The first-order valence-electron chi connectivity index (χ1n) is 7.09. The first kappa shape index (κ1) is 12.9. The molecule has 1 aliphatic rings. The Morgan fingerprint density at radius 3 is 2.65 bits per heavy atom. The van der Waals surface area contributed by atoms with Gasteiger partial charge in [0.2, 0.25) is 0 Å². The molecule has 2 atom stereocenters. The summed E-state index contributed by atoms with van der Waals surface area (Å²) in [5.74, 6) is 3.02. The molecule has 4 heteroatoms. The molecular formula is C16H20N4. The molecule has 3 rings (SSSR count). The number of aromatic nitrogens is 2. The molecule has 0 bridgehead atoms. The minimum atomic E-state index is 0.281. The molecule has 1 aromatic heterocycles. The summed E-state index contributed by atoms with van der Waals surface area (Å²) in [6, 6.07) is 12.8. The number of nitrogen functional groups attached to an aromatic ring is 1. The Hall–Kier alpha value is -2.10. The summed E-state index contributed by atoms with van der Waals surface area (Å²) in [5.41, 5.74) is 7.23. The van der Waals surface area contributed by atoms with E-state index in [4.69, 9.17) is 5.73 Å². The molecule has 20 heavy (non-hydrogen) atoms. The van der Waals surface area contributed by atoms with Gasteiger partial charge in [-0.25, -0.2) is 9.97 Å². The summed E-state index contributed by atoms with van der Waals surface area (Å²) in [6.07, 6.45) is 1.14. The average Bonchev–Trinajstić information content (AvgIpc) is 3.18. The maximum atomic E-state index is 5.85. The molecule has 0 spiro atoms. The lowest BCUT2D eigenvalue weighted by Gasteiger charge is -2.10. The van der Waals surface area contributed by atoms with Crippen LogP contribution in [-0.2, 0) is 0 Å². The number of nitrogens with zero attached hydrogens (tertiary/aromatic N) is 2. The van der Waals surface area contributed by atoms with Crippen LogP contribution in [0.15, 0.2) is 36.4 Å². The lowest BCUT2D eigenvalue weighted by molar-refractivity contribution is 0.776. The predicted octanol–water partition coefficient (Wildman–Crippen LogP) is 3.15. The second-order valence-corrected chi connectivity index (χ2v) is 5.69. The molecular weight excluding hydrogens is 248 g/mol. The van der Waals surface area contributed by atoms with E-state index in [9.17, 15) is 0 Å². The van der Waals surface area contributed by atoms with Crippen molar-refractivity contribution in [3.63, 3.8) is 0 Å². The second kappa shape index (κ2) is 5.12. The van der Waals surface area contributed by atoms with Crippen LogP contribution in [-0.4, -0.2) is 16.0 Å². The summed E-state index contributed by atoms with van der Waals surface area (Å²) < 4.78 is 0. The molecule has 0 radical (unpaired) electrons. The Bertz CT molecular complexity index is 595. The van der Waals surface area contributed by atoms with Gasteiger partial charge in [-0.3, -0.25) is 0 Å². The number of nitrogens with one attached hydrogen (secondary N) is 1. The van der Waals surface area contributed by atoms with Gasteiger partial charge >= 0.3 is 0 Å². The van der Waals surface area contributed by atoms with E-state index >= 15 is 0 Å². The van der Waals surface area contributed by atoms with E-state index in [1.165, 1.54) is 5.56 Å². The number of hydrogen-bond donors (Lipinski definition) is 2. The van der Waals surface area contributed by atoms with Crippen LogP contribution in [0, 0.1) is 0 Å². The third-order valence-corrected chi connectivity index (χ3v) is 3.63. The molecule has 1 heterocycles. The Balaban J connectivity index is 1.71. The van der Waals surface area contributed by atoms with Crippen LogP contribution in [0.25, 0.3) is 0 Å². The van der Waals surface area contributed by atoms with Gasteiger partial charge in [-0.1, -0.05) is 44.2 Å². The Morgan fingerprint density at radius 1 is 1.20 bits per heavy atom. The fourth-order valence-corrected chi connectivity index (χ4v) is 2.43. The summed E-state index contributed by atoms with van der Waals surface area (Å²) in [6.45, 7) is 4.14. The molecule has 3 N–H and O–H groups in total. The van der Waals surface area contributed by atoms with Crippen LogP contribution in [0.1, 0.15) is 43.5 Å². The van der Waals surface area contributed by atoms with Crippen molar-refractivity contribution < 1.29 is 0 Å². The third-order valence-electron chi connectivity index (χ3n) is 3.63. The normalized spacial score (nSPS) is 20.9. The number of anilines is 2. The van der Waals surface area contributed by atoms with Gasteiger partial charge in [-0.05, 0) is 12.0 Å². The molecule has 1 fully saturated rings.